The van der Waals surface area contributed by atoms with Crippen LogP contribution in [-0.2, 0) is 0 Å². The Morgan fingerprint density at radius 1 is 1.17 bits per heavy atom. The zero-order valence-electron chi connectivity index (χ0n) is 13.1. The minimum Gasteiger partial charge on any atom is -0.246 e. The second-order valence-electron chi connectivity index (χ2n) is 5.39. The van der Waals surface area contributed by atoms with E-state index in [0.29, 0.717) is 5.56 Å². The number of hydrogen-bond donors (Lipinski definition) is 0. The smallest absolute Gasteiger partial charge is 0.137 e. The van der Waals surface area contributed by atoms with Crippen molar-refractivity contribution in [3.63, 3.8) is 0 Å². The lowest BCUT2D eigenvalue weighted by Crippen LogP contribution is -2.08. The van der Waals surface area contributed by atoms with Gasteiger partial charge in [-0.05, 0) is 54.0 Å². The van der Waals surface area contributed by atoms with Crippen molar-refractivity contribution in [2.24, 2.45) is 0 Å². The van der Waals surface area contributed by atoms with Crippen molar-refractivity contribution in [1.29, 1.82) is 5.26 Å². The molecule has 3 rings (SSSR count). The van der Waals surface area contributed by atoms with Gasteiger partial charge in [-0.1, -0.05) is 24.3 Å². The maximum atomic E-state index is 13.3. The van der Waals surface area contributed by atoms with Crippen LogP contribution >= 0.6 is 0 Å². The highest BCUT2D eigenvalue weighted by Crippen LogP contribution is 2.29. The van der Waals surface area contributed by atoms with Gasteiger partial charge in [0.1, 0.15) is 18.5 Å². The highest BCUT2D eigenvalue weighted by atomic mass is 19.1. The van der Waals surface area contributed by atoms with E-state index >= 15 is 0 Å². The first-order valence-corrected chi connectivity index (χ1v) is 7.49. The molecule has 1 aromatic heterocycles. The minimum absolute atomic E-state index is 0.0754. The number of rotatable bonds is 4. The van der Waals surface area contributed by atoms with Gasteiger partial charge in [0.05, 0.1) is 17.7 Å². The molecule has 0 bridgehead atoms. The van der Waals surface area contributed by atoms with Crippen LogP contribution in [-0.4, -0.2) is 14.8 Å². The quantitative estimate of drug-likeness (QED) is 0.681. The van der Waals surface area contributed by atoms with Gasteiger partial charge in [-0.25, -0.2) is 14.1 Å². The van der Waals surface area contributed by atoms with Crippen molar-refractivity contribution in [3.05, 3.63) is 83.7 Å². The fourth-order valence-corrected chi connectivity index (χ4v) is 2.48. The number of allylic oxidation sites excluding steroid dienone is 1. The largest absolute Gasteiger partial charge is 0.246 e. The highest BCUT2D eigenvalue weighted by Gasteiger charge is 2.14. The molecule has 0 saturated carbocycles. The molecule has 0 spiro atoms. The molecule has 0 amide bonds. The minimum atomic E-state index is -0.273. The van der Waals surface area contributed by atoms with E-state index < -0.39 is 0 Å². The molecule has 0 aliphatic heterocycles. The van der Waals surface area contributed by atoms with Gasteiger partial charge in [-0.15, -0.1) is 0 Å². The summed E-state index contributed by atoms with van der Waals surface area (Å²) in [6.45, 7) is 2.01. The van der Waals surface area contributed by atoms with Gasteiger partial charge >= 0.3 is 0 Å². The number of nitriles is 1. The molecular formula is C19H15FN4. The standard InChI is InChI=1S/C19H15FN4/c1-14(24-13-22-12-23-24)19(17-6-8-18(20)9-7-17)10-15-2-4-16(11-21)5-3-15/h2-10,12-14H,1H3. The molecule has 0 radical (unpaired) electrons. The lowest BCUT2D eigenvalue weighted by molar-refractivity contribution is 0.593. The molecular weight excluding hydrogens is 303 g/mol. The Morgan fingerprint density at radius 2 is 1.88 bits per heavy atom. The van der Waals surface area contributed by atoms with E-state index in [1.54, 1.807) is 35.3 Å². The van der Waals surface area contributed by atoms with Crippen LogP contribution in [0.25, 0.3) is 11.6 Å². The molecule has 1 unspecified atom stereocenters. The van der Waals surface area contributed by atoms with E-state index in [0.717, 1.165) is 16.7 Å². The lowest BCUT2D eigenvalue weighted by atomic mass is 9.96. The van der Waals surface area contributed by atoms with Crippen molar-refractivity contribution in [1.82, 2.24) is 14.8 Å². The molecule has 2 aromatic carbocycles. The van der Waals surface area contributed by atoms with Gasteiger partial charge in [-0.2, -0.15) is 10.4 Å². The number of halogens is 1. The maximum absolute atomic E-state index is 13.3. The third-order valence-corrected chi connectivity index (χ3v) is 3.82. The van der Waals surface area contributed by atoms with Crippen LogP contribution in [0.3, 0.4) is 0 Å². The van der Waals surface area contributed by atoms with Crippen LogP contribution in [0.5, 0.6) is 0 Å². The summed E-state index contributed by atoms with van der Waals surface area (Å²) in [6, 6.07) is 15.7. The summed E-state index contributed by atoms with van der Waals surface area (Å²) in [5.74, 6) is -0.273. The highest BCUT2D eigenvalue weighted by molar-refractivity contribution is 5.83. The number of aromatic nitrogens is 3. The third kappa shape index (κ3) is 3.39. The number of hydrogen-bond acceptors (Lipinski definition) is 3. The Kier molecular flexibility index (Phi) is 4.48. The van der Waals surface area contributed by atoms with E-state index in [2.05, 4.69) is 16.2 Å². The van der Waals surface area contributed by atoms with Crippen LogP contribution in [0.4, 0.5) is 4.39 Å². The van der Waals surface area contributed by atoms with Gasteiger partial charge < -0.3 is 0 Å². The van der Waals surface area contributed by atoms with Gasteiger partial charge in [0.25, 0.3) is 0 Å². The first kappa shape index (κ1) is 15.6. The average Bonchev–Trinajstić information content (AvgIpc) is 3.15. The Hall–Kier alpha value is -3.26. The molecule has 3 aromatic rings. The zero-order valence-corrected chi connectivity index (χ0v) is 13.1. The van der Waals surface area contributed by atoms with Crippen LogP contribution in [0, 0.1) is 17.1 Å². The molecule has 0 saturated heterocycles. The molecule has 0 aliphatic carbocycles. The Balaban J connectivity index is 2.05. The molecule has 1 atom stereocenters. The van der Waals surface area contributed by atoms with E-state index in [1.165, 1.54) is 18.5 Å². The zero-order chi connectivity index (χ0) is 16.9. The van der Waals surface area contributed by atoms with E-state index in [9.17, 15) is 4.39 Å². The molecule has 0 aliphatic rings. The Labute approximate surface area is 139 Å². The van der Waals surface area contributed by atoms with E-state index in [4.69, 9.17) is 5.26 Å². The van der Waals surface area contributed by atoms with E-state index in [-0.39, 0.29) is 11.9 Å². The number of benzene rings is 2. The van der Waals surface area contributed by atoms with Gasteiger partial charge in [0.2, 0.25) is 0 Å². The summed E-state index contributed by atoms with van der Waals surface area (Å²) < 4.78 is 15.0. The van der Waals surface area contributed by atoms with Crippen molar-refractivity contribution >= 4 is 11.6 Å². The van der Waals surface area contributed by atoms with Crippen LogP contribution in [0.2, 0.25) is 0 Å². The second-order valence-corrected chi connectivity index (χ2v) is 5.39. The normalized spacial score (nSPS) is 12.6. The fourth-order valence-electron chi connectivity index (χ4n) is 2.48. The van der Waals surface area contributed by atoms with Crippen LogP contribution in [0.1, 0.15) is 29.7 Å². The first-order chi connectivity index (χ1) is 11.7. The predicted molar refractivity (Wildman–Crippen MR) is 90.2 cm³/mol. The average molecular weight is 318 g/mol. The molecule has 1 heterocycles. The molecule has 0 N–H and O–H groups in total. The SMILES string of the molecule is CC(C(=Cc1ccc(C#N)cc1)c1ccc(F)cc1)n1cncn1. The summed E-state index contributed by atoms with van der Waals surface area (Å²) in [5, 5.41) is 13.1. The Morgan fingerprint density at radius 3 is 2.46 bits per heavy atom. The molecule has 5 heteroatoms. The van der Waals surface area contributed by atoms with Crippen LogP contribution in [0.15, 0.2) is 61.2 Å². The summed E-state index contributed by atoms with van der Waals surface area (Å²) in [4.78, 5) is 3.99. The van der Waals surface area contributed by atoms with Crippen molar-refractivity contribution in [3.8, 4) is 6.07 Å². The van der Waals surface area contributed by atoms with Crippen molar-refractivity contribution < 1.29 is 4.39 Å². The topological polar surface area (TPSA) is 54.5 Å². The van der Waals surface area contributed by atoms with E-state index in [1.807, 2.05) is 25.1 Å². The van der Waals surface area contributed by atoms with Crippen LogP contribution < -0.4 is 0 Å². The number of nitrogens with zero attached hydrogens (tertiary/aromatic N) is 4. The predicted octanol–water partition coefficient (Wildman–Crippen LogP) is 4.09. The van der Waals surface area contributed by atoms with Gasteiger partial charge in [0, 0.05) is 0 Å². The molecule has 0 fully saturated rings. The fraction of sp³-hybridized carbons (Fsp3) is 0.105. The van der Waals surface area contributed by atoms with Crippen molar-refractivity contribution in [2.75, 3.05) is 0 Å². The summed E-state index contributed by atoms with van der Waals surface area (Å²) in [5.41, 5.74) is 3.45. The Bertz CT molecular complexity index is 873. The first-order valence-electron chi connectivity index (χ1n) is 7.49. The maximum Gasteiger partial charge on any atom is 0.137 e. The third-order valence-electron chi connectivity index (χ3n) is 3.82. The monoisotopic (exact) mass is 318 g/mol. The summed E-state index contributed by atoms with van der Waals surface area (Å²) in [6.07, 6.45) is 5.15. The summed E-state index contributed by atoms with van der Waals surface area (Å²) in [7, 11) is 0. The lowest BCUT2D eigenvalue weighted by Gasteiger charge is -2.17. The molecule has 4 nitrogen and oxygen atoms in total. The second kappa shape index (κ2) is 6.88. The van der Waals surface area contributed by atoms with Gasteiger partial charge in [-0.3, -0.25) is 0 Å². The molecule has 24 heavy (non-hydrogen) atoms. The summed E-state index contributed by atoms with van der Waals surface area (Å²) >= 11 is 0. The van der Waals surface area contributed by atoms with Crippen molar-refractivity contribution in [2.45, 2.75) is 13.0 Å². The molecule has 118 valence electrons. The van der Waals surface area contributed by atoms with Gasteiger partial charge in [0.15, 0.2) is 0 Å².